The smallest absolute Gasteiger partial charge is 0.148 e. The van der Waals surface area contributed by atoms with Gasteiger partial charge in [-0.25, -0.2) is 0 Å². The fraction of sp³-hybridized carbons (Fsp3) is 0.600. The summed E-state index contributed by atoms with van der Waals surface area (Å²) in [6.07, 6.45) is 8.63. The molecule has 0 radical (unpaired) electrons. The minimum absolute atomic E-state index is 0.309. The van der Waals surface area contributed by atoms with Gasteiger partial charge < -0.3 is 0 Å². The van der Waals surface area contributed by atoms with Crippen LogP contribution in [0.1, 0.15) is 43.9 Å². The highest BCUT2D eigenvalue weighted by Crippen LogP contribution is 2.29. The molecule has 0 bridgehead atoms. The maximum absolute atomic E-state index is 11.9. The van der Waals surface area contributed by atoms with E-state index in [0.29, 0.717) is 18.0 Å². The number of hydrogen-bond donors (Lipinski definition) is 0. The van der Waals surface area contributed by atoms with Crippen LogP contribution in [0.3, 0.4) is 0 Å². The average Bonchev–Trinajstić information content (AvgIpc) is 2.90. The molecule has 1 fully saturated rings. The monoisotopic (exact) mass is 263 g/mol. The quantitative estimate of drug-likeness (QED) is 0.787. The van der Waals surface area contributed by atoms with Crippen LogP contribution in [-0.4, -0.2) is 21.8 Å². The third kappa shape index (κ3) is 4.13. The summed E-state index contributed by atoms with van der Waals surface area (Å²) in [5.41, 5.74) is 2.13. The first-order valence-corrected chi connectivity index (χ1v) is 7.90. The highest BCUT2D eigenvalue weighted by atomic mass is 32.2. The molecule has 0 amide bonds. The third-order valence-electron chi connectivity index (χ3n) is 3.45. The van der Waals surface area contributed by atoms with Crippen LogP contribution in [0, 0.1) is 0 Å². The van der Waals surface area contributed by atoms with Gasteiger partial charge in [0.1, 0.15) is 5.78 Å². The lowest BCUT2D eigenvalue weighted by Crippen LogP contribution is -2.10. The molecule has 0 aromatic carbocycles. The number of hydrogen-bond acceptors (Lipinski definition) is 3. The highest BCUT2D eigenvalue weighted by molar-refractivity contribution is 8.00. The van der Waals surface area contributed by atoms with Crippen molar-refractivity contribution in [1.29, 1.82) is 0 Å². The van der Waals surface area contributed by atoms with Gasteiger partial charge in [0.05, 0.1) is 5.75 Å². The third-order valence-corrected chi connectivity index (χ3v) is 4.89. The molecule has 18 heavy (non-hydrogen) atoms. The van der Waals surface area contributed by atoms with E-state index in [1.54, 1.807) is 0 Å². The Labute approximate surface area is 114 Å². The number of thioether (sulfide) groups is 1. The molecule has 2 rings (SSSR count). The molecule has 1 aliphatic rings. The number of carbonyl (C=O) groups excluding carboxylic acids is 1. The van der Waals surface area contributed by atoms with Gasteiger partial charge in [-0.3, -0.25) is 9.78 Å². The van der Waals surface area contributed by atoms with Gasteiger partial charge >= 0.3 is 0 Å². The zero-order valence-electron chi connectivity index (χ0n) is 11.0. The van der Waals surface area contributed by atoms with E-state index in [0.717, 1.165) is 17.4 Å². The number of aryl methyl sites for hydroxylation is 1. The Morgan fingerprint density at radius 3 is 2.78 bits per heavy atom. The average molecular weight is 263 g/mol. The second-order valence-electron chi connectivity index (χ2n) is 4.94. The lowest BCUT2D eigenvalue weighted by atomic mass is 10.1. The molecule has 3 heteroatoms. The second-order valence-corrected chi connectivity index (χ2v) is 6.23. The summed E-state index contributed by atoms with van der Waals surface area (Å²) in [7, 11) is 0. The van der Waals surface area contributed by atoms with Crippen molar-refractivity contribution in [2.45, 2.75) is 50.7 Å². The number of Topliss-reactive ketones (excluding diaryl/α,β-unsaturated/α-hetero) is 1. The van der Waals surface area contributed by atoms with Gasteiger partial charge in [-0.2, -0.15) is 11.8 Å². The van der Waals surface area contributed by atoms with Crippen LogP contribution in [-0.2, 0) is 17.6 Å². The predicted molar refractivity (Wildman–Crippen MR) is 77.0 cm³/mol. The van der Waals surface area contributed by atoms with Crippen molar-refractivity contribution in [1.82, 2.24) is 4.98 Å². The lowest BCUT2D eigenvalue weighted by molar-refractivity contribution is -0.116. The van der Waals surface area contributed by atoms with E-state index < -0.39 is 0 Å². The lowest BCUT2D eigenvalue weighted by Gasteiger charge is -2.07. The van der Waals surface area contributed by atoms with E-state index in [-0.39, 0.29) is 0 Å². The van der Waals surface area contributed by atoms with Crippen molar-refractivity contribution >= 4 is 17.5 Å². The summed E-state index contributed by atoms with van der Waals surface area (Å²) in [6, 6.07) is 4.05. The van der Waals surface area contributed by atoms with E-state index in [4.69, 9.17) is 0 Å². The summed E-state index contributed by atoms with van der Waals surface area (Å²) in [6.45, 7) is 2.11. The van der Waals surface area contributed by atoms with E-state index >= 15 is 0 Å². The zero-order chi connectivity index (χ0) is 12.8. The molecule has 0 spiro atoms. The molecule has 1 saturated carbocycles. The zero-order valence-corrected chi connectivity index (χ0v) is 11.8. The van der Waals surface area contributed by atoms with Crippen LogP contribution >= 0.6 is 11.8 Å². The Bertz CT molecular complexity index is 382. The standard InChI is InChI=1S/C15H21NOS/c1-2-12-7-8-13(16-10-12)9-14(17)11-18-15-5-3-4-6-15/h7-8,10,15H,2-6,9,11H2,1H3. The van der Waals surface area contributed by atoms with Crippen LogP contribution < -0.4 is 0 Å². The Morgan fingerprint density at radius 1 is 1.39 bits per heavy atom. The number of rotatable bonds is 6. The SMILES string of the molecule is CCc1ccc(CC(=O)CSC2CCCC2)nc1. The van der Waals surface area contributed by atoms with Crippen LogP contribution in [0.25, 0.3) is 0 Å². The normalized spacial score (nSPS) is 16.1. The van der Waals surface area contributed by atoms with Gasteiger partial charge in [0, 0.05) is 23.6 Å². The fourth-order valence-electron chi connectivity index (χ4n) is 2.29. The molecule has 98 valence electrons. The van der Waals surface area contributed by atoms with Gasteiger partial charge in [-0.15, -0.1) is 0 Å². The van der Waals surface area contributed by atoms with Gasteiger partial charge in [0.2, 0.25) is 0 Å². The van der Waals surface area contributed by atoms with Gasteiger partial charge in [0.25, 0.3) is 0 Å². The number of ketones is 1. The number of carbonyl (C=O) groups is 1. The van der Waals surface area contributed by atoms with E-state index in [9.17, 15) is 4.79 Å². The molecule has 0 unspecified atom stereocenters. The van der Waals surface area contributed by atoms with E-state index in [2.05, 4.69) is 18.0 Å². The molecule has 1 aromatic heterocycles. The minimum Gasteiger partial charge on any atom is -0.298 e. The molecule has 2 nitrogen and oxygen atoms in total. The van der Waals surface area contributed by atoms with Crippen molar-refractivity contribution in [2.24, 2.45) is 0 Å². The molecule has 1 aromatic rings. The van der Waals surface area contributed by atoms with Gasteiger partial charge in [-0.1, -0.05) is 25.8 Å². The van der Waals surface area contributed by atoms with Crippen molar-refractivity contribution < 1.29 is 4.79 Å². The molecular weight excluding hydrogens is 242 g/mol. The predicted octanol–water partition coefficient (Wildman–Crippen LogP) is 3.43. The molecule has 1 heterocycles. The second kappa shape index (κ2) is 6.93. The van der Waals surface area contributed by atoms with Crippen LogP contribution in [0.15, 0.2) is 18.3 Å². The summed E-state index contributed by atoms with van der Waals surface area (Å²) >= 11 is 1.84. The number of aromatic nitrogens is 1. The molecule has 0 N–H and O–H groups in total. The van der Waals surface area contributed by atoms with Gasteiger partial charge in [-0.05, 0) is 30.9 Å². The van der Waals surface area contributed by atoms with E-state index in [1.165, 1.54) is 31.2 Å². The summed E-state index contributed by atoms with van der Waals surface area (Å²) in [5.74, 6) is 0.964. The van der Waals surface area contributed by atoms with E-state index in [1.807, 2.05) is 24.0 Å². The first-order chi connectivity index (χ1) is 8.78. The molecular formula is C15H21NOS. The summed E-state index contributed by atoms with van der Waals surface area (Å²) in [4.78, 5) is 16.2. The van der Waals surface area contributed by atoms with Crippen molar-refractivity contribution in [3.8, 4) is 0 Å². The topological polar surface area (TPSA) is 30.0 Å². The van der Waals surface area contributed by atoms with Gasteiger partial charge in [0.15, 0.2) is 0 Å². The van der Waals surface area contributed by atoms with Crippen molar-refractivity contribution in [3.05, 3.63) is 29.6 Å². The van der Waals surface area contributed by atoms with Crippen LogP contribution in [0.4, 0.5) is 0 Å². The Kier molecular flexibility index (Phi) is 5.24. The molecule has 0 saturated heterocycles. The van der Waals surface area contributed by atoms with Crippen molar-refractivity contribution in [2.75, 3.05) is 5.75 Å². The first-order valence-electron chi connectivity index (χ1n) is 6.85. The molecule has 1 aliphatic carbocycles. The fourth-order valence-corrected chi connectivity index (χ4v) is 3.48. The molecule has 0 aliphatic heterocycles. The first kappa shape index (κ1) is 13.6. The number of pyridine rings is 1. The highest BCUT2D eigenvalue weighted by Gasteiger charge is 2.16. The maximum Gasteiger partial charge on any atom is 0.148 e. The Hall–Kier alpha value is -0.830. The van der Waals surface area contributed by atoms with Crippen LogP contribution in [0.2, 0.25) is 0 Å². The number of nitrogens with zero attached hydrogens (tertiary/aromatic N) is 1. The van der Waals surface area contributed by atoms with Crippen LogP contribution in [0.5, 0.6) is 0 Å². The Balaban J connectivity index is 1.75. The summed E-state index contributed by atoms with van der Waals surface area (Å²) < 4.78 is 0. The maximum atomic E-state index is 11.9. The largest absolute Gasteiger partial charge is 0.298 e. The Morgan fingerprint density at radius 2 is 2.17 bits per heavy atom. The van der Waals surface area contributed by atoms with Crippen molar-refractivity contribution in [3.63, 3.8) is 0 Å². The minimum atomic E-state index is 0.309. The summed E-state index contributed by atoms with van der Waals surface area (Å²) in [5, 5.41) is 0.726. The molecule has 0 atom stereocenters.